The Morgan fingerprint density at radius 2 is 1.56 bits per heavy atom. The van der Waals surface area contributed by atoms with Crippen molar-refractivity contribution in [3.63, 3.8) is 0 Å². The average molecular weight is 530 g/mol. The summed E-state index contributed by atoms with van der Waals surface area (Å²) < 4.78 is 75.7. The van der Waals surface area contributed by atoms with Crippen LogP contribution in [0.1, 0.15) is 13.8 Å². The van der Waals surface area contributed by atoms with Crippen molar-refractivity contribution in [3.8, 4) is 22.5 Å². The highest BCUT2D eigenvalue weighted by Crippen LogP contribution is 2.42. The lowest BCUT2D eigenvalue weighted by Gasteiger charge is -2.20. The molecular formula is C25H25N2O7S2+. The fraction of sp³-hybridized carbons (Fsp3) is 0.240. The number of nitrogens with zero attached hydrogens (tertiary/aromatic N) is 2. The van der Waals surface area contributed by atoms with Crippen LogP contribution in [-0.2, 0) is 20.2 Å². The van der Waals surface area contributed by atoms with Gasteiger partial charge in [-0.25, -0.2) is 4.58 Å². The van der Waals surface area contributed by atoms with Gasteiger partial charge in [-0.15, -0.1) is 0 Å². The zero-order valence-electron chi connectivity index (χ0n) is 20.1. The molecule has 9 nitrogen and oxygen atoms in total. The molecule has 4 rings (SSSR count). The van der Waals surface area contributed by atoms with Crippen LogP contribution in [0.2, 0.25) is 0 Å². The van der Waals surface area contributed by atoms with Gasteiger partial charge in [0.2, 0.25) is 5.36 Å². The number of rotatable bonds is 6. The summed E-state index contributed by atoms with van der Waals surface area (Å²) in [6.07, 6.45) is 0. The van der Waals surface area contributed by atoms with E-state index < -0.39 is 30.0 Å². The Morgan fingerprint density at radius 1 is 0.889 bits per heavy atom. The molecule has 1 aliphatic heterocycles. The Balaban J connectivity index is 2.19. The van der Waals surface area contributed by atoms with Crippen LogP contribution in [0.4, 0.5) is 5.69 Å². The van der Waals surface area contributed by atoms with Crippen LogP contribution < -0.4 is 14.8 Å². The van der Waals surface area contributed by atoms with Gasteiger partial charge in [-0.2, -0.15) is 16.8 Å². The van der Waals surface area contributed by atoms with Crippen molar-refractivity contribution < 1.29 is 30.4 Å². The minimum atomic E-state index is -4.90. The number of hydrogen-bond donors (Lipinski definition) is 2. The first-order valence-corrected chi connectivity index (χ1v) is 13.9. The Kier molecular flexibility index (Phi) is 6.57. The molecule has 11 heteroatoms. The summed E-state index contributed by atoms with van der Waals surface area (Å²) in [7, 11) is -5.88. The zero-order chi connectivity index (χ0) is 26.4. The van der Waals surface area contributed by atoms with Crippen LogP contribution in [0.3, 0.4) is 0 Å². The standard InChI is InChI=1S/C25H24N2O7S2/c1-5-27(6-2)17-8-11-20-23(14-17)34-22-13-16(26(3)4)7-10-19(22)25(20)21-12-9-18(35(28,29)30)15-24(21)36(31,32)33/h7,9-10,12-15H,5-6H2,1-4H3,(H-,28,29,30,31,32,33)/p+1. The van der Waals surface area contributed by atoms with Crippen LogP contribution in [0, 0.1) is 12.1 Å². The monoisotopic (exact) mass is 529 g/mol. The number of anilines is 1. The Labute approximate surface area is 209 Å². The lowest BCUT2D eigenvalue weighted by Crippen LogP contribution is -2.21. The predicted octanol–water partition coefficient (Wildman–Crippen LogP) is 3.18. The van der Waals surface area contributed by atoms with Crippen LogP contribution in [-0.4, -0.2) is 53.1 Å². The van der Waals surface area contributed by atoms with Gasteiger partial charge in [0, 0.05) is 41.9 Å². The molecule has 0 radical (unpaired) electrons. The maximum atomic E-state index is 12.4. The SMILES string of the molecule is CCN(CC)c1c#cc2c(-c3ccc(S(=O)(=O)O)cc3S(=O)(=O)O)c3ccc(=[N+](C)C)cc-3oc2c1. The fourth-order valence-corrected chi connectivity index (χ4v) is 5.42. The van der Waals surface area contributed by atoms with E-state index >= 15 is 0 Å². The van der Waals surface area contributed by atoms with Gasteiger partial charge in [0.1, 0.15) is 30.3 Å². The summed E-state index contributed by atoms with van der Waals surface area (Å²) in [5, 5.41) is 1.23. The summed E-state index contributed by atoms with van der Waals surface area (Å²) in [4.78, 5) is 0.711. The summed E-state index contributed by atoms with van der Waals surface area (Å²) in [6, 6.07) is 16.3. The van der Waals surface area contributed by atoms with Gasteiger partial charge in [-0.05, 0) is 38.1 Å². The summed E-state index contributed by atoms with van der Waals surface area (Å²) in [5.74, 6) is 0.439. The van der Waals surface area contributed by atoms with Crippen molar-refractivity contribution in [3.05, 3.63) is 60.0 Å². The van der Waals surface area contributed by atoms with E-state index in [9.17, 15) is 25.9 Å². The molecule has 0 amide bonds. The molecule has 2 aliphatic rings. The van der Waals surface area contributed by atoms with E-state index in [0.717, 1.165) is 36.3 Å². The van der Waals surface area contributed by atoms with Crippen molar-refractivity contribution in [2.45, 2.75) is 23.6 Å². The normalized spacial score (nSPS) is 12.1. The van der Waals surface area contributed by atoms with E-state index in [4.69, 9.17) is 4.42 Å². The van der Waals surface area contributed by atoms with E-state index in [1.165, 1.54) is 6.07 Å². The molecular weight excluding hydrogens is 504 g/mol. The average Bonchev–Trinajstić information content (AvgIpc) is 2.81. The molecule has 0 saturated heterocycles. The molecule has 0 atom stereocenters. The van der Waals surface area contributed by atoms with Gasteiger partial charge in [0.15, 0.2) is 0 Å². The molecule has 0 aromatic heterocycles. The number of benzene rings is 2. The van der Waals surface area contributed by atoms with E-state index in [0.29, 0.717) is 27.9 Å². The zero-order valence-corrected chi connectivity index (χ0v) is 21.7. The van der Waals surface area contributed by atoms with E-state index in [1.54, 1.807) is 18.2 Å². The molecule has 0 fully saturated rings. The Hall–Kier alpha value is -3.43. The molecule has 2 N–H and O–H groups in total. The second-order valence-corrected chi connectivity index (χ2v) is 11.2. The third-order valence-electron chi connectivity index (χ3n) is 5.95. The van der Waals surface area contributed by atoms with Gasteiger partial charge in [-0.3, -0.25) is 9.11 Å². The summed E-state index contributed by atoms with van der Waals surface area (Å²) >= 11 is 0. The lowest BCUT2D eigenvalue weighted by molar-refractivity contribution is 0.481. The number of hydrogen-bond acceptors (Lipinski definition) is 6. The van der Waals surface area contributed by atoms with Gasteiger partial charge >= 0.3 is 0 Å². The topological polar surface area (TPSA) is 128 Å². The van der Waals surface area contributed by atoms with E-state index in [2.05, 4.69) is 17.0 Å². The molecule has 1 heterocycles. The smallest absolute Gasteiger partial charge is 0.295 e. The highest BCUT2D eigenvalue weighted by molar-refractivity contribution is 7.86. The van der Waals surface area contributed by atoms with Crippen molar-refractivity contribution in [2.24, 2.45) is 0 Å². The lowest BCUT2D eigenvalue weighted by atomic mass is 9.94. The first-order valence-electron chi connectivity index (χ1n) is 11.0. The molecule has 2 aromatic carbocycles. The van der Waals surface area contributed by atoms with Crippen LogP contribution in [0.5, 0.6) is 0 Å². The van der Waals surface area contributed by atoms with Crippen molar-refractivity contribution in [1.82, 2.24) is 4.58 Å². The second-order valence-electron chi connectivity index (χ2n) is 8.35. The van der Waals surface area contributed by atoms with Crippen LogP contribution >= 0.6 is 0 Å². The highest BCUT2D eigenvalue weighted by Gasteiger charge is 2.26. The third kappa shape index (κ3) is 4.68. The van der Waals surface area contributed by atoms with Gasteiger partial charge in [-0.1, -0.05) is 12.1 Å². The summed E-state index contributed by atoms with van der Waals surface area (Å²) in [6.45, 7) is 5.45. The molecule has 36 heavy (non-hydrogen) atoms. The minimum absolute atomic E-state index is 0.0218. The Morgan fingerprint density at radius 3 is 2.14 bits per heavy atom. The first-order chi connectivity index (χ1) is 16.8. The van der Waals surface area contributed by atoms with Crippen LogP contribution in [0.15, 0.2) is 56.7 Å². The quantitative estimate of drug-likeness (QED) is 0.288. The van der Waals surface area contributed by atoms with E-state index in [1.807, 2.05) is 38.6 Å². The largest absolute Gasteiger partial charge is 0.455 e. The maximum absolute atomic E-state index is 12.4. The number of fused-ring (bicyclic) bond motifs is 2. The van der Waals surface area contributed by atoms with Gasteiger partial charge < -0.3 is 9.32 Å². The predicted molar refractivity (Wildman–Crippen MR) is 136 cm³/mol. The first kappa shape index (κ1) is 25.7. The van der Waals surface area contributed by atoms with Crippen molar-refractivity contribution >= 4 is 36.9 Å². The minimum Gasteiger partial charge on any atom is -0.455 e. The molecule has 188 valence electrons. The molecule has 0 saturated carbocycles. The van der Waals surface area contributed by atoms with Crippen molar-refractivity contribution in [2.75, 3.05) is 32.1 Å². The molecule has 2 aromatic rings. The van der Waals surface area contributed by atoms with Crippen molar-refractivity contribution in [1.29, 1.82) is 0 Å². The second kappa shape index (κ2) is 9.22. The molecule has 1 aliphatic carbocycles. The van der Waals surface area contributed by atoms with E-state index in [-0.39, 0.29) is 5.56 Å². The van der Waals surface area contributed by atoms with Gasteiger partial charge in [0.05, 0.1) is 22.0 Å². The fourth-order valence-electron chi connectivity index (χ4n) is 4.12. The highest BCUT2D eigenvalue weighted by atomic mass is 32.2. The maximum Gasteiger partial charge on any atom is 0.295 e. The third-order valence-corrected chi connectivity index (χ3v) is 7.70. The van der Waals surface area contributed by atoms with Crippen LogP contribution in [0.25, 0.3) is 33.4 Å². The molecule has 0 bridgehead atoms. The molecule has 0 unspecified atom stereocenters. The van der Waals surface area contributed by atoms with Gasteiger partial charge in [0.25, 0.3) is 20.2 Å². The Bertz CT molecular complexity index is 1730. The molecule has 0 spiro atoms. The summed E-state index contributed by atoms with van der Waals surface area (Å²) in [5.41, 5.74) is 2.02.